The van der Waals surface area contributed by atoms with Gasteiger partial charge in [-0.25, -0.2) is 0 Å². The van der Waals surface area contributed by atoms with Gasteiger partial charge in [0.25, 0.3) is 0 Å². The zero-order valence-corrected chi connectivity index (χ0v) is 8.36. The molecule has 1 aromatic rings. The van der Waals surface area contributed by atoms with Gasteiger partial charge in [-0.1, -0.05) is 11.6 Å². The fourth-order valence-corrected chi connectivity index (χ4v) is 1.66. The van der Waals surface area contributed by atoms with E-state index in [1.54, 1.807) is 13.0 Å². The number of nitrogens with two attached hydrogens (primary N) is 1. The Balaban J connectivity index is 2.46. The van der Waals surface area contributed by atoms with Crippen molar-refractivity contribution in [3.05, 3.63) is 34.9 Å². The highest BCUT2D eigenvalue weighted by molar-refractivity contribution is 5.38. The van der Waals surface area contributed by atoms with Gasteiger partial charge in [-0.2, -0.15) is 13.2 Å². The van der Waals surface area contributed by atoms with Gasteiger partial charge >= 0.3 is 6.18 Å². The molecule has 2 rings (SSSR count). The maximum absolute atomic E-state index is 12.5. The Labute approximate surface area is 86.1 Å². The summed E-state index contributed by atoms with van der Waals surface area (Å²) < 4.78 is 37.5. The molecular weight excluding hydrogens is 203 g/mol. The number of hydrogen-bond acceptors (Lipinski definition) is 1. The summed E-state index contributed by atoms with van der Waals surface area (Å²) in [5, 5.41) is 0. The van der Waals surface area contributed by atoms with Crippen molar-refractivity contribution in [2.24, 2.45) is 5.73 Å². The highest BCUT2D eigenvalue weighted by Gasteiger charge is 2.41. The molecule has 1 nitrogen and oxygen atoms in total. The molecule has 1 aliphatic carbocycles. The predicted octanol–water partition coefficient (Wildman–Crippen LogP) is 2.96. The molecule has 1 aliphatic rings. The van der Waals surface area contributed by atoms with Crippen LogP contribution in [0.3, 0.4) is 0 Å². The lowest BCUT2D eigenvalue weighted by Crippen LogP contribution is -2.20. The van der Waals surface area contributed by atoms with E-state index in [2.05, 4.69) is 0 Å². The minimum absolute atomic E-state index is 0.508. The summed E-state index contributed by atoms with van der Waals surface area (Å²) in [5.74, 6) is 0. The normalized spacial score (nSPS) is 19.0. The lowest BCUT2D eigenvalue weighted by Gasteiger charge is -2.14. The largest absolute Gasteiger partial charge is 0.416 e. The molecule has 0 amide bonds. The summed E-state index contributed by atoms with van der Waals surface area (Å²) >= 11 is 0. The van der Waals surface area contributed by atoms with E-state index in [0.29, 0.717) is 11.1 Å². The number of benzene rings is 1. The van der Waals surface area contributed by atoms with Crippen LogP contribution in [0.4, 0.5) is 13.2 Å². The van der Waals surface area contributed by atoms with Gasteiger partial charge in [0.15, 0.2) is 0 Å². The van der Waals surface area contributed by atoms with Crippen LogP contribution in [-0.4, -0.2) is 0 Å². The molecule has 4 heteroatoms. The molecule has 0 aromatic heterocycles. The van der Waals surface area contributed by atoms with E-state index in [0.717, 1.165) is 18.9 Å². The molecule has 0 atom stereocenters. The van der Waals surface area contributed by atoms with Crippen molar-refractivity contribution in [3.63, 3.8) is 0 Å². The minimum Gasteiger partial charge on any atom is -0.321 e. The van der Waals surface area contributed by atoms with Gasteiger partial charge < -0.3 is 5.73 Å². The van der Waals surface area contributed by atoms with Crippen molar-refractivity contribution in [2.45, 2.75) is 31.5 Å². The second kappa shape index (κ2) is 2.98. The fourth-order valence-electron chi connectivity index (χ4n) is 1.66. The Hall–Kier alpha value is -1.03. The molecule has 0 radical (unpaired) electrons. The van der Waals surface area contributed by atoms with E-state index in [-0.39, 0.29) is 0 Å². The lowest BCUT2D eigenvalue weighted by atomic mass is 9.99. The third-order valence-corrected chi connectivity index (χ3v) is 2.77. The molecule has 1 saturated carbocycles. The monoisotopic (exact) mass is 215 g/mol. The van der Waals surface area contributed by atoms with Crippen LogP contribution in [0.2, 0.25) is 0 Å². The van der Waals surface area contributed by atoms with Crippen molar-refractivity contribution in [2.75, 3.05) is 0 Å². The molecule has 1 fully saturated rings. The Bertz CT molecular complexity index is 368. The summed E-state index contributed by atoms with van der Waals surface area (Å²) in [4.78, 5) is 0. The summed E-state index contributed by atoms with van der Waals surface area (Å²) in [6, 6.07) is 4.05. The number of halogens is 3. The number of rotatable bonds is 1. The van der Waals surface area contributed by atoms with Crippen LogP contribution in [0, 0.1) is 6.92 Å². The summed E-state index contributed by atoms with van der Waals surface area (Å²) in [6.07, 6.45) is -2.74. The van der Waals surface area contributed by atoms with Crippen LogP contribution >= 0.6 is 0 Å². The van der Waals surface area contributed by atoms with Crippen LogP contribution in [0.15, 0.2) is 18.2 Å². The van der Waals surface area contributed by atoms with Gasteiger partial charge in [-0.05, 0) is 37.5 Å². The summed E-state index contributed by atoms with van der Waals surface area (Å²) in [5.41, 5.74) is 5.99. The van der Waals surface area contributed by atoms with Crippen molar-refractivity contribution >= 4 is 0 Å². The van der Waals surface area contributed by atoms with Crippen LogP contribution in [0.5, 0.6) is 0 Å². The van der Waals surface area contributed by atoms with Crippen LogP contribution in [0.1, 0.15) is 29.5 Å². The smallest absolute Gasteiger partial charge is 0.321 e. The topological polar surface area (TPSA) is 26.0 Å². The van der Waals surface area contributed by atoms with Crippen LogP contribution in [-0.2, 0) is 11.7 Å². The first-order valence-electron chi connectivity index (χ1n) is 4.79. The van der Waals surface area contributed by atoms with Crippen molar-refractivity contribution in [1.82, 2.24) is 0 Å². The van der Waals surface area contributed by atoms with Gasteiger partial charge in [-0.3, -0.25) is 0 Å². The minimum atomic E-state index is -4.29. The number of alkyl halides is 3. The first kappa shape index (κ1) is 10.5. The molecule has 2 N–H and O–H groups in total. The standard InChI is InChI=1S/C11H12F3N/c1-7-4-8(10(15)2-3-10)6-9(5-7)11(12,13)14/h4-6H,2-3,15H2,1H3. The van der Waals surface area contributed by atoms with E-state index in [4.69, 9.17) is 5.73 Å². The molecule has 82 valence electrons. The van der Waals surface area contributed by atoms with Crippen molar-refractivity contribution in [3.8, 4) is 0 Å². The molecule has 0 saturated heterocycles. The first-order valence-corrected chi connectivity index (χ1v) is 4.79. The van der Waals surface area contributed by atoms with Crippen LogP contribution < -0.4 is 5.73 Å². The molecule has 0 bridgehead atoms. The Morgan fingerprint density at radius 1 is 1.20 bits per heavy atom. The second-order valence-electron chi connectivity index (χ2n) is 4.24. The van der Waals surface area contributed by atoms with Gasteiger partial charge in [0.05, 0.1) is 5.56 Å². The average Bonchev–Trinajstić information content (AvgIpc) is 2.82. The highest BCUT2D eigenvalue weighted by atomic mass is 19.4. The van der Waals surface area contributed by atoms with Gasteiger partial charge in [0.1, 0.15) is 0 Å². The summed E-state index contributed by atoms with van der Waals surface area (Å²) in [6.45, 7) is 1.66. The van der Waals surface area contributed by atoms with Gasteiger partial charge in [0.2, 0.25) is 0 Å². The zero-order valence-electron chi connectivity index (χ0n) is 8.36. The molecular formula is C11H12F3N. The molecule has 0 unspecified atom stereocenters. The van der Waals surface area contributed by atoms with E-state index < -0.39 is 17.3 Å². The lowest BCUT2D eigenvalue weighted by molar-refractivity contribution is -0.137. The average molecular weight is 215 g/mol. The maximum Gasteiger partial charge on any atom is 0.416 e. The summed E-state index contributed by atoms with van der Waals surface area (Å²) in [7, 11) is 0. The highest BCUT2D eigenvalue weighted by Crippen LogP contribution is 2.44. The van der Waals surface area contributed by atoms with Crippen molar-refractivity contribution < 1.29 is 13.2 Å². The van der Waals surface area contributed by atoms with E-state index >= 15 is 0 Å². The molecule has 0 aliphatic heterocycles. The predicted molar refractivity (Wildman–Crippen MR) is 51.3 cm³/mol. The number of aryl methyl sites for hydroxylation is 1. The third kappa shape index (κ3) is 2.00. The van der Waals surface area contributed by atoms with Crippen LogP contribution in [0.25, 0.3) is 0 Å². The molecule has 0 heterocycles. The Kier molecular flexibility index (Phi) is 2.08. The zero-order chi connectivity index (χ0) is 11.3. The van der Waals surface area contributed by atoms with Gasteiger partial charge in [0, 0.05) is 5.54 Å². The number of hydrogen-bond donors (Lipinski definition) is 1. The quantitative estimate of drug-likeness (QED) is 0.765. The fraction of sp³-hybridized carbons (Fsp3) is 0.455. The molecule has 15 heavy (non-hydrogen) atoms. The van der Waals surface area contributed by atoms with E-state index in [1.807, 2.05) is 0 Å². The van der Waals surface area contributed by atoms with Crippen molar-refractivity contribution in [1.29, 1.82) is 0 Å². The maximum atomic E-state index is 12.5. The Morgan fingerprint density at radius 3 is 2.27 bits per heavy atom. The first-order chi connectivity index (χ1) is 6.81. The van der Waals surface area contributed by atoms with E-state index in [9.17, 15) is 13.2 Å². The second-order valence-corrected chi connectivity index (χ2v) is 4.24. The molecule has 0 spiro atoms. The Morgan fingerprint density at radius 2 is 1.80 bits per heavy atom. The van der Waals surface area contributed by atoms with E-state index in [1.165, 1.54) is 6.07 Å². The third-order valence-electron chi connectivity index (χ3n) is 2.77. The molecule has 1 aromatic carbocycles. The SMILES string of the molecule is Cc1cc(C(F)(F)F)cc(C2(N)CC2)c1. The van der Waals surface area contributed by atoms with Gasteiger partial charge in [-0.15, -0.1) is 0 Å².